The number of amides is 1. The van der Waals surface area contributed by atoms with Gasteiger partial charge < -0.3 is 14.8 Å². The van der Waals surface area contributed by atoms with Crippen molar-refractivity contribution < 1.29 is 22.7 Å². The lowest BCUT2D eigenvalue weighted by Crippen LogP contribution is -2.27. The monoisotopic (exact) mass is 390 g/mol. The molecule has 1 heterocycles. The Morgan fingerprint density at radius 1 is 1.19 bits per heavy atom. The van der Waals surface area contributed by atoms with Crippen LogP contribution in [-0.2, 0) is 19.6 Å². The van der Waals surface area contributed by atoms with Crippen LogP contribution in [0.2, 0.25) is 0 Å². The zero-order valence-electron chi connectivity index (χ0n) is 15.2. The topological polar surface area (TPSA) is 93.7 Å². The van der Waals surface area contributed by atoms with Crippen molar-refractivity contribution in [1.82, 2.24) is 0 Å². The van der Waals surface area contributed by atoms with Crippen LogP contribution in [0.15, 0.2) is 47.4 Å². The van der Waals surface area contributed by atoms with Crippen LogP contribution in [0.1, 0.15) is 18.4 Å². The molecule has 0 aromatic heterocycles. The summed E-state index contributed by atoms with van der Waals surface area (Å²) in [6, 6.07) is 11.2. The minimum Gasteiger partial charge on any atom is -0.497 e. The zero-order valence-corrected chi connectivity index (χ0v) is 16.0. The highest BCUT2D eigenvalue weighted by Crippen LogP contribution is 2.24. The second-order valence-electron chi connectivity index (χ2n) is 6.30. The molecule has 1 aliphatic heterocycles. The number of hydrogen-bond donors (Lipinski definition) is 2. The third-order valence-electron chi connectivity index (χ3n) is 4.34. The smallest absolute Gasteiger partial charge is 0.261 e. The number of aryl methyl sites for hydroxylation is 1. The van der Waals surface area contributed by atoms with Gasteiger partial charge in [-0.2, -0.15) is 0 Å². The number of anilines is 2. The molecule has 0 unspecified atom stereocenters. The van der Waals surface area contributed by atoms with Crippen LogP contribution in [0, 0.1) is 6.92 Å². The average molecular weight is 390 g/mol. The third kappa shape index (κ3) is 4.58. The van der Waals surface area contributed by atoms with Crippen molar-refractivity contribution >= 4 is 27.3 Å². The Bertz CT molecular complexity index is 920. The number of rotatable bonds is 6. The van der Waals surface area contributed by atoms with E-state index in [1.165, 1.54) is 19.2 Å². The highest BCUT2D eigenvalue weighted by molar-refractivity contribution is 7.92. The van der Waals surface area contributed by atoms with E-state index in [2.05, 4.69) is 10.0 Å². The summed E-state index contributed by atoms with van der Waals surface area (Å²) in [6.45, 7) is 2.37. The van der Waals surface area contributed by atoms with Gasteiger partial charge in [0.1, 0.15) is 11.9 Å². The van der Waals surface area contributed by atoms with Crippen LogP contribution in [0.25, 0.3) is 0 Å². The fourth-order valence-electron chi connectivity index (χ4n) is 2.77. The summed E-state index contributed by atoms with van der Waals surface area (Å²) in [5.41, 5.74) is 1.64. The summed E-state index contributed by atoms with van der Waals surface area (Å²) in [7, 11) is -2.26. The second kappa shape index (κ2) is 7.98. The van der Waals surface area contributed by atoms with Gasteiger partial charge in [-0.25, -0.2) is 8.42 Å². The number of carbonyl (C=O) groups is 1. The third-order valence-corrected chi connectivity index (χ3v) is 5.72. The predicted octanol–water partition coefficient (Wildman–Crippen LogP) is 2.92. The molecule has 1 amide bonds. The lowest BCUT2D eigenvalue weighted by atomic mass is 10.2. The standard InChI is InChI=1S/C19H22N2O5S/c1-13-5-10-16(12-17(13)20-19(22)18-4-3-11-26-18)27(23,24)21-14-6-8-15(25-2)9-7-14/h5-10,12,18,21H,3-4,11H2,1-2H3,(H,20,22)/t18-/m0/s1. The van der Waals surface area contributed by atoms with Crippen molar-refractivity contribution in [3.8, 4) is 5.75 Å². The molecular weight excluding hydrogens is 368 g/mol. The Kier molecular flexibility index (Phi) is 5.67. The van der Waals surface area contributed by atoms with Crippen molar-refractivity contribution in [2.24, 2.45) is 0 Å². The summed E-state index contributed by atoms with van der Waals surface area (Å²) < 4.78 is 38.3. The lowest BCUT2D eigenvalue weighted by Gasteiger charge is -2.14. The molecule has 27 heavy (non-hydrogen) atoms. The molecule has 3 rings (SSSR count). The molecule has 1 fully saturated rings. The van der Waals surface area contributed by atoms with E-state index in [9.17, 15) is 13.2 Å². The fourth-order valence-corrected chi connectivity index (χ4v) is 3.86. The van der Waals surface area contributed by atoms with Gasteiger partial charge in [0.2, 0.25) is 0 Å². The maximum Gasteiger partial charge on any atom is 0.261 e. The fraction of sp³-hybridized carbons (Fsp3) is 0.316. The maximum atomic E-state index is 12.7. The van der Waals surface area contributed by atoms with Gasteiger partial charge in [-0.05, 0) is 61.7 Å². The molecule has 2 N–H and O–H groups in total. The first-order valence-corrected chi connectivity index (χ1v) is 10.1. The molecule has 0 aliphatic carbocycles. The SMILES string of the molecule is COc1ccc(NS(=O)(=O)c2ccc(C)c(NC(=O)[C@@H]3CCCO3)c2)cc1. The van der Waals surface area contributed by atoms with Gasteiger partial charge in [-0.15, -0.1) is 0 Å². The molecule has 1 aliphatic rings. The molecule has 2 aromatic rings. The van der Waals surface area contributed by atoms with E-state index in [4.69, 9.17) is 9.47 Å². The van der Waals surface area contributed by atoms with Gasteiger partial charge in [0.25, 0.3) is 15.9 Å². The van der Waals surface area contributed by atoms with E-state index in [0.29, 0.717) is 30.2 Å². The second-order valence-corrected chi connectivity index (χ2v) is 7.98. The highest BCUT2D eigenvalue weighted by atomic mass is 32.2. The number of nitrogens with one attached hydrogen (secondary N) is 2. The van der Waals surface area contributed by atoms with Crippen LogP contribution in [0.3, 0.4) is 0 Å². The quantitative estimate of drug-likeness (QED) is 0.791. The van der Waals surface area contributed by atoms with E-state index >= 15 is 0 Å². The minimum absolute atomic E-state index is 0.0616. The van der Waals surface area contributed by atoms with Gasteiger partial charge in [0, 0.05) is 18.0 Å². The number of carbonyl (C=O) groups excluding carboxylic acids is 1. The molecule has 0 radical (unpaired) electrons. The van der Waals surface area contributed by atoms with E-state index in [0.717, 1.165) is 12.0 Å². The Morgan fingerprint density at radius 2 is 1.93 bits per heavy atom. The van der Waals surface area contributed by atoms with Crippen molar-refractivity contribution in [3.63, 3.8) is 0 Å². The summed E-state index contributed by atoms with van der Waals surface area (Å²) in [4.78, 5) is 12.3. The summed E-state index contributed by atoms with van der Waals surface area (Å²) >= 11 is 0. The van der Waals surface area contributed by atoms with Gasteiger partial charge >= 0.3 is 0 Å². The highest BCUT2D eigenvalue weighted by Gasteiger charge is 2.24. The Balaban J connectivity index is 1.79. The van der Waals surface area contributed by atoms with E-state index in [1.54, 1.807) is 37.3 Å². The number of methoxy groups -OCH3 is 1. The molecule has 8 heteroatoms. The predicted molar refractivity (Wildman–Crippen MR) is 103 cm³/mol. The molecule has 1 saturated heterocycles. The van der Waals surface area contributed by atoms with E-state index in [1.807, 2.05) is 0 Å². The van der Waals surface area contributed by atoms with Crippen LogP contribution < -0.4 is 14.8 Å². The molecule has 0 saturated carbocycles. The average Bonchev–Trinajstić information content (AvgIpc) is 3.18. The van der Waals surface area contributed by atoms with Crippen LogP contribution in [-0.4, -0.2) is 34.1 Å². The van der Waals surface area contributed by atoms with E-state index < -0.39 is 16.1 Å². The van der Waals surface area contributed by atoms with Crippen molar-refractivity contribution in [2.45, 2.75) is 30.8 Å². The van der Waals surface area contributed by atoms with Crippen molar-refractivity contribution in [3.05, 3.63) is 48.0 Å². The Labute approximate surface area is 158 Å². The molecule has 0 spiro atoms. The summed E-state index contributed by atoms with van der Waals surface area (Å²) in [5, 5.41) is 2.77. The Morgan fingerprint density at radius 3 is 2.56 bits per heavy atom. The number of benzene rings is 2. The molecule has 144 valence electrons. The first-order chi connectivity index (χ1) is 12.9. The normalized spacial score (nSPS) is 16.7. The Hall–Kier alpha value is -2.58. The van der Waals surface area contributed by atoms with Crippen LogP contribution >= 0.6 is 0 Å². The van der Waals surface area contributed by atoms with Gasteiger partial charge in [-0.3, -0.25) is 9.52 Å². The minimum atomic E-state index is -3.80. The van der Waals surface area contributed by atoms with E-state index in [-0.39, 0.29) is 10.8 Å². The number of hydrogen-bond acceptors (Lipinski definition) is 5. The molecule has 7 nitrogen and oxygen atoms in total. The summed E-state index contributed by atoms with van der Waals surface area (Å²) in [5.74, 6) is 0.376. The molecule has 1 atom stereocenters. The van der Waals surface area contributed by atoms with Gasteiger partial charge in [-0.1, -0.05) is 6.07 Å². The van der Waals surface area contributed by atoms with Crippen LogP contribution in [0.4, 0.5) is 11.4 Å². The van der Waals surface area contributed by atoms with Crippen molar-refractivity contribution in [2.75, 3.05) is 23.8 Å². The number of sulfonamides is 1. The number of ether oxygens (including phenoxy) is 2. The van der Waals surface area contributed by atoms with Crippen molar-refractivity contribution in [1.29, 1.82) is 0 Å². The summed E-state index contributed by atoms with van der Waals surface area (Å²) in [6.07, 6.45) is 1.03. The lowest BCUT2D eigenvalue weighted by molar-refractivity contribution is -0.124. The zero-order chi connectivity index (χ0) is 19.4. The van der Waals surface area contributed by atoms with Gasteiger partial charge in [0.05, 0.1) is 12.0 Å². The van der Waals surface area contributed by atoms with Gasteiger partial charge in [0.15, 0.2) is 0 Å². The largest absolute Gasteiger partial charge is 0.497 e. The molecular formula is C19H22N2O5S. The van der Waals surface area contributed by atoms with Crippen LogP contribution in [0.5, 0.6) is 5.75 Å². The first kappa shape index (κ1) is 19.2. The molecule has 0 bridgehead atoms. The first-order valence-electron chi connectivity index (χ1n) is 8.59. The molecule has 2 aromatic carbocycles. The maximum absolute atomic E-state index is 12.7.